The van der Waals surface area contributed by atoms with Crippen molar-refractivity contribution in [3.8, 4) is 0 Å². The molecule has 0 unspecified atom stereocenters. The lowest BCUT2D eigenvalue weighted by atomic mass is 10.4. The molecule has 0 radical (unpaired) electrons. The fourth-order valence-corrected chi connectivity index (χ4v) is 1.61. The molecular formula is C8H10N4OS. The van der Waals surface area contributed by atoms with Gasteiger partial charge in [0.05, 0.1) is 6.33 Å². The first-order chi connectivity index (χ1) is 6.72. The molecule has 14 heavy (non-hydrogen) atoms. The van der Waals surface area contributed by atoms with E-state index >= 15 is 0 Å². The van der Waals surface area contributed by atoms with Gasteiger partial charge in [-0.2, -0.15) is 0 Å². The fraction of sp³-hybridized carbons (Fsp3) is 0.375. The normalized spacial score (nSPS) is 10.9. The van der Waals surface area contributed by atoms with Gasteiger partial charge in [-0.1, -0.05) is 6.92 Å². The first-order valence-electron chi connectivity index (χ1n) is 4.40. The SMILES string of the molecule is CCCn1cnc2[nH]c(=S)[nH]c(=O)c21. The third-order valence-electron chi connectivity index (χ3n) is 1.98. The Morgan fingerprint density at radius 3 is 3.07 bits per heavy atom. The van der Waals surface area contributed by atoms with Gasteiger partial charge in [-0.15, -0.1) is 0 Å². The number of nitrogens with one attached hydrogen (secondary N) is 2. The van der Waals surface area contributed by atoms with Crippen LogP contribution in [0, 0.1) is 4.77 Å². The smallest absolute Gasteiger partial charge is 0.277 e. The van der Waals surface area contributed by atoms with E-state index in [1.54, 1.807) is 6.33 Å². The van der Waals surface area contributed by atoms with Crippen LogP contribution in [0.5, 0.6) is 0 Å². The fourth-order valence-electron chi connectivity index (χ4n) is 1.42. The van der Waals surface area contributed by atoms with Crippen LogP contribution in [0.25, 0.3) is 11.2 Å². The Hall–Kier alpha value is -1.43. The molecule has 6 heteroatoms. The summed E-state index contributed by atoms with van der Waals surface area (Å²) in [6.45, 7) is 2.83. The van der Waals surface area contributed by atoms with E-state index in [9.17, 15) is 4.79 Å². The van der Waals surface area contributed by atoms with Crippen molar-refractivity contribution in [2.45, 2.75) is 19.9 Å². The lowest BCUT2D eigenvalue weighted by molar-refractivity contribution is 0.694. The lowest BCUT2D eigenvalue weighted by Crippen LogP contribution is -2.11. The molecule has 0 bridgehead atoms. The quantitative estimate of drug-likeness (QED) is 0.732. The number of hydrogen-bond acceptors (Lipinski definition) is 3. The molecule has 0 saturated heterocycles. The molecule has 0 spiro atoms. The molecule has 0 aliphatic carbocycles. The first-order valence-corrected chi connectivity index (χ1v) is 4.80. The summed E-state index contributed by atoms with van der Waals surface area (Å²) in [6.07, 6.45) is 2.61. The number of aromatic amines is 2. The standard InChI is InChI=1S/C8H10N4OS/c1-2-3-12-4-9-6-5(12)7(13)11-8(14)10-6/h4H,2-3H2,1H3,(H2,10,11,13,14). The van der Waals surface area contributed by atoms with Crippen molar-refractivity contribution >= 4 is 23.4 Å². The molecule has 2 N–H and O–H groups in total. The molecule has 2 aromatic rings. The number of hydrogen-bond donors (Lipinski definition) is 2. The maximum absolute atomic E-state index is 11.6. The van der Waals surface area contributed by atoms with Gasteiger partial charge in [0.2, 0.25) is 0 Å². The zero-order chi connectivity index (χ0) is 10.1. The number of aryl methyl sites for hydroxylation is 1. The highest BCUT2D eigenvalue weighted by atomic mass is 32.1. The highest BCUT2D eigenvalue weighted by Crippen LogP contribution is 2.04. The number of nitrogens with zero attached hydrogens (tertiary/aromatic N) is 2. The zero-order valence-electron chi connectivity index (χ0n) is 7.70. The minimum atomic E-state index is -0.185. The Morgan fingerprint density at radius 1 is 1.57 bits per heavy atom. The predicted octanol–water partition coefficient (Wildman–Crippen LogP) is 1.19. The van der Waals surface area contributed by atoms with Crippen LogP contribution in [0.2, 0.25) is 0 Å². The molecule has 2 heterocycles. The molecule has 0 aliphatic heterocycles. The van der Waals surface area contributed by atoms with E-state index in [2.05, 4.69) is 15.0 Å². The van der Waals surface area contributed by atoms with E-state index in [4.69, 9.17) is 12.2 Å². The maximum atomic E-state index is 11.6. The minimum Gasteiger partial charge on any atom is -0.325 e. The highest BCUT2D eigenvalue weighted by molar-refractivity contribution is 7.71. The van der Waals surface area contributed by atoms with E-state index in [1.165, 1.54) is 0 Å². The summed E-state index contributed by atoms with van der Waals surface area (Å²) < 4.78 is 2.13. The van der Waals surface area contributed by atoms with Crippen LogP contribution in [0.4, 0.5) is 0 Å². The van der Waals surface area contributed by atoms with Crippen molar-refractivity contribution in [2.24, 2.45) is 0 Å². The average Bonchev–Trinajstić information content (AvgIpc) is 2.49. The summed E-state index contributed by atoms with van der Waals surface area (Å²) in [4.78, 5) is 21.0. The summed E-state index contributed by atoms with van der Waals surface area (Å²) in [6, 6.07) is 0. The Morgan fingerprint density at radius 2 is 2.36 bits per heavy atom. The maximum Gasteiger partial charge on any atom is 0.277 e. The summed E-state index contributed by atoms with van der Waals surface area (Å²) in [5.41, 5.74) is 0.919. The molecule has 0 amide bonds. The van der Waals surface area contributed by atoms with Crippen LogP contribution in [0.15, 0.2) is 11.1 Å². The van der Waals surface area contributed by atoms with E-state index in [-0.39, 0.29) is 5.56 Å². The number of aromatic nitrogens is 4. The molecular weight excluding hydrogens is 200 g/mol. The Labute approximate surface area is 84.8 Å². The van der Waals surface area contributed by atoms with E-state index < -0.39 is 0 Å². The number of imidazole rings is 1. The van der Waals surface area contributed by atoms with E-state index in [0.717, 1.165) is 13.0 Å². The van der Waals surface area contributed by atoms with Crippen molar-refractivity contribution in [3.05, 3.63) is 21.5 Å². The Bertz CT molecular complexity index is 564. The van der Waals surface area contributed by atoms with Crippen LogP contribution in [-0.4, -0.2) is 19.5 Å². The average molecular weight is 210 g/mol. The van der Waals surface area contributed by atoms with E-state index in [0.29, 0.717) is 15.9 Å². The van der Waals surface area contributed by atoms with Gasteiger partial charge in [0, 0.05) is 6.54 Å². The van der Waals surface area contributed by atoms with Gasteiger partial charge in [-0.25, -0.2) is 4.98 Å². The molecule has 5 nitrogen and oxygen atoms in total. The van der Waals surface area contributed by atoms with Crippen molar-refractivity contribution in [1.29, 1.82) is 0 Å². The van der Waals surface area contributed by atoms with Gasteiger partial charge in [0.15, 0.2) is 15.9 Å². The van der Waals surface area contributed by atoms with Crippen LogP contribution in [0.1, 0.15) is 13.3 Å². The third kappa shape index (κ3) is 1.37. The monoisotopic (exact) mass is 210 g/mol. The molecule has 0 fully saturated rings. The van der Waals surface area contributed by atoms with Gasteiger partial charge < -0.3 is 9.55 Å². The second-order valence-corrected chi connectivity index (χ2v) is 3.45. The van der Waals surface area contributed by atoms with Crippen LogP contribution >= 0.6 is 12.2 Å². The van der Waals surface area contributed by atoms with Crippen LogP contribution in [-0.2, 0) is 6.54 Å². The summed E-state index contributed by atoms with van der Waals surface area (Å²) >= 11 is 4.84. The number of rotatable bonds is 2. The van der Waals surface area contributed by atoms with Gasteiger partial charge in [-0.05, 0) is 18.6 Å². The molecule has 0 aliphatic rings. The summed E-state index contributed by atoms with van der Waals surface area (Å²) in [7, 11) is 0. The number of H-pyrrole nitrogens is 2. The van der Waals surface area contributed by atoms with Gasteiger partial charge in [-0.3, -0.25) is 9.78 Å². The second-order valence-electron chi connectivity index (χ2n) is 3.04. The predicted molar refractivity (Wildman–Crippen MR) is 55.8 cm³/mol. The highest BCUT2D eigenvalue weighted by Gasteiger charge is 2.05. The molecule has 2 rings (SSSR count). The largest absolute Gasteiger partial charge is 0.325 e. The zero-order valence-corrected chi connectivity index (χ0v) is 8.52. The van der Waals surface area contributed by atoms with Gasteiger partial charge >= 0.3 is 0 Å². The molecule has 0 saturated carbocycles. The lowest BCUT2D eigenvalue weighted by Gasteiger charge is -1.98. The Balaban J connectivity index is 2.79. The van der Waals surface area contributed by atoms with Crippen LogP contribution < -0.4 is 5.56 Å². The van der Waals surface area contributed by atoms with Crippen molar-refractivity contribution in [1.82, 2.24) is 19.5 Å². The molecule has 0 aromatic carbocycles. The molecule has 0 atom stereocenters. The van der Waals surface area contributed by atoms with Gasteiger partial charge in [0.25, 0.3) is 5.56 Å². The van der Waals surface area contributed by atoms with E-state index in [1.807, 2.05) is 11.5 Å². The molecule has 74 valence electrons. The summed E-state index contributed by atoms with van der Waals surface area (Å²) in [5.74, 6) is 0. The first kappa shape index (κ1) is 9.14. The number of fused-ring (bicyclic) bond motifs is 1. The topological polar surface area (TPSA) is 66.5 Å². The Kier molecular flexibility index (Phi) is 2.20. The van der Waals surface area contributed by atoms with Crippen LogP contribution in [0.3, 0.4) is 0 Å². The third-order valence-corrected chi connectivity index (χ3v) is 2.18. The van der Waals surface area contributed by atoms with Gasteiger partial charge in [0.1, 0.15) is 0 Å². The minimum absolute atomic E-state index is 0.185. The van der Waals surface area contributed by atoms with Crippen molar-refractivity contribution < 1.29 is 0 Å². The van der Waals surface area contributed by atoms with Crippen molar-refractivity contribution in [2.75, 3.05) is 0 Å². The summed E-state index contributed by atoms with van der Waals surface area (Å²) in [5, 5.41) is 0. The van der Waals surface area contributed by atoms with Crippen molar-refractivity contribution in [3.63, 3.8) is 0 Å². The molecule has 2 aromatic heterocycles. The second kappa shape index (κ2) is 3.38.